The van der Waals surface area contributed by atoms with Gasteiger partial charge in [0.15, 0.2) is 0 Å². The van der Waals surface area contributed by atoms with Gasteiger partial charge in [-0.1, -0.05) is 115 Å². The van der Waals surface area contributed by atoms with E-state index < -0.39 is 0 Å². The van der Waals surface area contributed by atoms with Crippen molar-refractivity contribution < 1.29 is 4.79 Å². The molecular weight excluding hydrogens is 430 g/mol. The van der Waals surface area contributed by atoms with Gasteiger partial charge in [0.25, 0.3) is 5.91 Å². The first-order valence-corrected chi connectivity index (χ1v) is 11.9. The van der Waals surface area contributed by atoms with Crippen LogP contribution in [0.25, 0.3) is 21.5 Å². The third-order valence-corrected chi connectivity index (χ3v) is 6.65. The van der Waals surface area contributed by atoms with E-state index in [-0.39, 0.29) is 12.1 Å². The van der Waals surface area contributed by atoms with E-state index in [1.54, 1.807) is 5.01 Å². The molecule has 0 bridgehead atoms. The van der Waals surface area contributed by atoms with Crippen LogP contribution in [-0.2, 0) is 11.3 Å². The van der Waals surface area contributed by atoms with Crippen LogP contribution in [0.3, 0.4) is 0 Å². The summed E-state index contributed by atoms with van der Waals surface area (Å²) in [6.07, 6.45) is 1.53. The number of rotatable bonds is 5. The molecule has 170 valence electrons. The molecule has 0 aliphatic carbocycles. The Hall–Kier alpha value is -4.28. The molecule has 0 saturated carbocycles. The number of benzene rings is 5. The van der Waals surface area contributed by atoms with Gasteiger partial charge in [-0.15, -0.1) is 0 Å². The van der Waals surface area contributed by atoms with Gasteiger partial charge < -0.3 is 0 Å². The number of amides is 1. The van der Waals surface area contributed by atoms with E-state index in [0.717, 1.165) is 32.7 Å². The first-order valence-electron chi connectivity index (χ1n) is 11.9. The Morgan fingerprint density at radius 1 is 0.714 bits per heavy atom. The molecule has 35 heavy (non-hydrogen) atoms. The maximum Gasteiger partial charge on any atom is 0.258 e. The number of hydrazone groups is 1. The summed E-state index contributed by atoms with van der Waals surface area (Å²) >= 11 is 0. The van der Waals surface area contributed by atoms with E-state index >= 15 is 0 Å². The summed E-state index contributed by atoms with van der Waals surface area (Å²) in [4.78, 5) is 15.6. The molecule has 1 aliphatic heterocycles. The maximum absolute atomic E-state index is 13.4. The zero-order valence-electron chi connectivity index (χ0n) is 19.3. The topological polar surface area (TPSA) is 35.9 Å². The SMILES string of the molecule is O=C1CN(Cc2ccccc2)[C@@H](c2cccc3ccccc23)N1/N=C\c1cccc2ccccc12. The monoisotopic (exact) mass is 455 g/mol. The van der Waals surface area contributed by atoms with E-state index in [9.17, 15) is 4.79 Å². The zero-order chi connectivity index (χ0) is 23.6. The van der Waals surface area contributed by atoms with E-state index in [1.807, 2.05) is 60.8 Å². The molecule has 0 spiro atoms. The minimum Gasteiger partial charge on any atom is -0.271 e. The van der Waals surface area contributed by atoms with Crippen molar-refractivity contribution in [3.05, 3.63) is 132 Å². The molecule has 6 rings (SSSR count). The summed E-state index contributed by atoms with van der Waals surface area (Å²) in [7, 11) is 0. The van der Waals surface area contributed by atoms with Gasteiger partial charge in [-0.3, -0.25) is 9.69 Å². The van der Waals surface area contributed by atoms with E-state index in [1.165, 1.54) is 5.56 Å². The molecule has 0 radical (unpaired) electrons. The molecule has 4 heteroatoms. The van der Waals surface area contributed by atoms with Crippen molar-refractivity contribution in [2.75, 3.05) is 6.54 Å². The van der Waals surface area contributed by atoms with E-state index in [0.29, 0.717) is 13.1 Å². The highest BCUT2D eigenvalue weighted by Gasteiger charge is 2.39. The Bertz CT molecular complexity index is 1530. The summed E-state index contributed by atoms with van der Waals surface area (Å²) in [5.74, 6) is -0.00430. The maximum atomic E-state index is 13.4. The van der Waals surface area contributed by atoms with E-state index in [4.69, 9.17) is 5.10 Å². The molecule has 1 atom stereocenters. The zero-order valence-corrected chi connectivity index (χ0v) is 19.3. The second kappa shape index (κ2) is 9.16. The quantitative estimate of drug-likeness (QED) is 0.289. The highest BCUT2D eigenvalue weighted by atomic mass is 16.2. The Morgan fingerprint density at radius 2 is 1.34 bits per heavy atom. The lowest BCUT2D eigenvalue weighted by molar-refractivity contribution is -0.128. The van der Waals surface area contributed by atoms with Crippen LogP contribution in [-0.4, -0.2) is 28.6 Å². The van der Waals surface area contributed by atoms with Gasteiger partial charge >= 0.3 is 0 Å². The molecule has 1 saturated heterocycles. The Labute approximate surface area is 204 Å². The van der Waals surface area contributed by atoms with Crippen molar-refractivity contribution in [2.45, 2.75) is 12.7 Å². The fourth-order valence-electron chi connectivity index (χ4n) is 5.00. The highest BCUT2D eigenvalue weighted by Crippen LogP contribution is 2.36. The van der Waals surface area contributed by atoms with Crippen molar-refractivity contribution in [1.82, 2.24) is 9.91 Å². The molecule has 5 aromatic carbocycles. The highest BCUT2D eigenvalue weighted by molar-refractivity contribution is 6.00. The molecule has 0 unspecified atom stereocenters. The second-order valence-corrected chi connectivity index (χ2v) is 8.88. The molecule has 1 amide bonds. The van der Waals surface area contributed by atoms with Crippen LogP contribution in [0.15, 0.2) is 120 Å². The second-order valence-electron chi connectivity index (χ2n) is 8.88. The van der Waals surface area contributed by atoms with Gasteiger partial charge in [0.1, 0.15) is 6.17 Å². The van der Waals surface area contributed by atoms with Gasteiger partial charge in [0.2, 0.25) is 0 Å². The summed E-state index contributed by atoms with van der Waals surface area (Å²) in [6.45, 7) is 0.983. The van der Waals surface area contributed by atoms with Crippen LogP contribution >= 0.6 is 0 Å². The molecule has 1 fully saturated rings. The summed E-state index contributed by atoms with van der Waals surface area (Å²) in [6, 6.07) is 39.3. The first kappa shape index (κ1) is 21.3. The average molecular weight is 456 g/mol. The smallest absolute Gasteiger partial charge is 0.258 e. The Morgan fingerprint density at radius 3 is 2.14 bits per heavy atom. The van der Waals surface area contributed by atoms with Gasteiger partial charge in [0.05, 0.1) is 12.8 Å². The number of fused-ring (bicyclic) bond motifs is 2. The van der Waals surface area contributed by atoms with Crippen molar-refractivity contribution in [3.8, 4) is 0 Å². The Balaban J connectivity index is 1.44. The van der Waals surface area contributed by atoms with Crippen LogP contribution in [0.2, 0.25) is 0 Å². The molecule has 5 aromatic rings. The number of hydrogen-bond acceptors (Lipinski definition) is 3. The molecule has 1 heterocycles. The van der Waals surface area contributed by atoms with Crippen LogP contribution in [0, 0.1) is 0 Å². The minimum absolute atomic E-state index is 0.00430. The van der Waals surface area contributed by atoms with Crippen LogP contribution in [0.4, 0.5) is 0 Å². The van der Waals surface area contributed by atoms with Gasteiger partial charge in [-0.05, 0) is 32.7 Å². The van der Waals surface area contributed by atoms with Crippen molar-refractivity contribution in [1.29, 1.82) is 0 Å². The lowest BCUT2D eigenvalue weighted by atomic mass is 10.0. The number of carbonyl (C=O) groups excluding carboxylic acids is 1. The number of nitrogens with zero attached hydrogens (tertiary/aromatic N) is 3. The molecule has 4 nitrogen and oxygen atoms in total. The molecule has 0 aromatic heterocycles. The normalized spacial score (nSPS) is 16.6. The minimum atomic E-state index is -0.292. The van der Waals surface area contributed by atoms with Gasteiger partial charge in [-0.25, -0.2) is 5.01 Å². The van der Waals surface area contributed by atoms with Gasteiger partial charge in [-0.2, -0.15) is 5.10 Å². The largest absolute Gasteiger partial charge is 0.271 e. The van der Waals surface area contributed by atoms with Crippen LogP contribution < -0.4 is 0 Å². The Kier molecular flexibility index (Phi) is 5.57. The van der Waals surface area contributed by atoms with Crippen LogP contribution in [0.1, 0.15) is 22.9 Å². The molecule has 0 N–H and O–H groups in total. The lowest BCUT2D eigenvalue weighted by Crippen LogP contribution is -2.29. The predicted molar refractivity (Wildman–Crippen MR) is 142 cm³/mol. The van der Waals surface area contributed by atoms with Crippen LogP contribution in [0.5, 0.6) is 0 Å². The van der Waals surface area contributed by atoms with Crippen molar-refractivity contribution >= 4 is 33.7 Å². The predicted octanol–water partition coefficient (Wildman–Crippen LogP) is 6.37. The number of hydrogen-bond donors (Lipinski definition) is 0. The standard InChI is InChI=1S/C31H25N3O/c35-30-22-33(21-23-10-2-1-3-11-23)31(29-19-9-15-25-13-5-7-18-28(25)29)34(30)32-20-26-16-8-14-24-12-4-6-17-27(24)26/h1-20,31H,21-22H2/b32-20-/t31-/m1/s1. The molecule has 1 aliphatic rings. The number of carbonyl (C=O) groups is 1. The summed E-state index contributed by atoms with van der Waals surface area (Å²) in [5, 5.41) is 11.0. The fourth-order valence-corrected chi connectivity index (χ4v) is 5.00. The summed E-state index contributed by atoms with van der Waals surface area (Å²) in [5.41, 5.74) is 3.25. The third kappa shape index (κ3) is 4.09. The summed E-state index contributed by atoms with van der Waals surface area (Å²) < 4.78 is 0. The first-order chi connectivity index (χ1) is 17.3. The average Bonchev–Trinajstić information content (AvgIpc) is 3.21. The molecular formula is C31H25N3O. The third-order valence-electron chi connectivity index (χ3n) is 6.65. The lowest BCUT2D eigenvalue weighted by Gasteiger charge is -2.28. The van der Waals surface area contributed by atoms with Crippen molar-refractivity contribution in [2.24, 2.45) is 5.10 Å². The van der Waals surface area contributed by atoms with Crippen molar-refractivity contribution in [3.63, 3.8) is 0 Å². The van der Waals surface area contributed by atoms with E-state index in [2.05, 4.69) is 65.6 Å². The fraction of sp³-hybridized carbons (Fsp3) is 0.0968. The van der Waals surface area contributed by atoms with Gasteiger partial charge in [0, 0.05) is 12.1 Å².